The Balaban J connectivity index is 2.11. The lowest BCUT2D eigenvalue weighted by Crippen LogP contribution is -2.26. The molecular formula is C15H14N4O. The van der Waals surface area contributed by atoms with Gasteiger partial charge in [-0.3, -0.25) is 14.8 Å². The predicted octanol–water partition coefficient (Wildman–Crippen LogP) is 1.81. The quantitative estimate of drug-likeness (QED) is 0.846. The number of nitriles is 1. The van der Waals surface area contributed by atoms with Gasteiger partial charge in [-0.2, -0.15) is 5.26 Å². The van der Waals surface area contributed by atoms with Gasteiger partial charge in [0.2, 0.25) is 0 Å². The Morgan fingerprint density at radius 2 is 2.05 bits per heavy atom. The van der Waals surface area contributed by atoms with Gasteiger partial charge in [-0.05, 0) is 24.3 Å². The summed E-state index contributed by atoms with van der Waals surface area (Å²) in [6.45, 7) is 0.440. The summed E-state index contributed by atoms with van der Waals surface area (Å²) in [7, 11) is 1.72. The molecule has 0 aromatic carbocycles. The second-order valence-electron chi connectivity index (χ2n) is 4.35. The zero-order valence-electron chi connectivity index (χ0n) is 11.2. The van der Waals surface area contributed by atoms with Crippen molar-refractivity contribution in [2.45, 2.75) is 13.0 Å². The smallest absolute Gasteiger partial charge is 0.254 e. The summed E-state index contributed by atoms with van der Waals surface area (Å²) in [5, 5.41) is 8.66. The number of aromatic nitrogens is 2. The van der Waals surface area contributed by atoms with Crippen LogP contribution in [0.2, 0.25) is 0 Å². The first kappa shape index (κ1) is 13.7. The van der Waals surface area contributed by atoms with Crippen molar-refractivity contribution in [1.29, 1.82) is 5.26 Å². The maximum absolute atomic E-state index is 12.3. The van der Waals surface area contributed by atoms with Gasteiger partial charge in [-0.1, -0.05) is 6.07 Å². The molecule has 0 N–H and O–H groups in total. The van der Waals surface area contributed by atoms with E-state index < -0.39 is 0 Å². The van der Waals surface area contributed by atoms with Crippen LogP contribution in [0.4, 0.5) is 0 Å². The fourth-order valence-electron chi connectivity index (χ4n) is 1.82. The highest BCUT2D eigenvalue weighted by Gasteiger charge is 2.13. The average Bonchev–Trinajstić information content (AvgIpc) is 2.48. The van der Waals surface area contributed by atoms with Gasteiger partial charge >= 0.3 is 0 Å². The van der Waals surface area contributed by atoms with Crippen LogP contribution in [-0.4, -0.2) is 27.8 Å². The molecule has 0 saturated carbocycles. The summed E-state index contributed by atoms with van der Waals surface area (Å²) in [5.74, 6) is -0.114. The Bertz CT molecular complexity index is 634. The van der Waals surface area contributed by atoms with E-state index in [1.165, 1.54) is 0 Å². The Labute approximate surface area is 117 Å². The highest BCUT2D eigenvalue weighted by Crippen LogP contribution is 2.08. The van der Waals surface area contributed by atoms with Crippen LogP contribution < -0.4 is 0 Å². The zero-order valence-corrected chi connectivity index (χ0v) is 11.2. The van der Waals surface area contributed by atoms with Crippen LogP contribution in [0, 0.1) is 11.3 Å². The molecule has 2 rings (SSSR count). The molecule has 2 aromatic heterocycles. The van der Waals surface area contributed by atoms with Crippen molar-refractivity contribution in [2.24, 2.45) is 0 Å². The number of pyridine rings is 2. The van der Waals surface area contributed by atoms with Gasteiger partial charge in [-0.15, -0.1) is 0 Å². The van der Waals surface area contributed by atoms with Crippen molar-refractivity contribution in [3.05, 3.63) is 59.7 Å². The average molecular weight is 266 g/mol. The first-order valence-electron chi connectivity index (χ1n) is 6.18. The van der Waals surface area contributed by atoms with Gasteiger partial charge < -0.3 is 4.90 Å². The number of amides is 1. The molecule has 2 heterocycles. The van der Waals surface area contributed by atoms with Crippen LogP contribution in [-0.2, 0) is 13.0 Å². The van der Waals surface area contributed by atoms with Crippen molar-refractivity contribution in [3.63, 3.8) is 0 Å². The van der Waals surface area contributed by atoms with Crippen LogP contribution in [0.15, 0.2) is 42.7 Å². The van der Waals surface area contributed by atoms with Crippen LogP contribution in [0.1, 0.15) is 21.7 Å². The monoisotopic (exact) mass is 266 g/mol. The van der Waals surface area contributed by atoms with Gasteiger partial charge in [0.15, 0.2) is 0 Å². The van der Waals surface area contributed by atoms with E-state index in [-0.39, 0.29) is 12.3 Å². The largest absolute Gasteiger partial charge is 0.336 e. The number of nitrogens with zero attached hydrogens (tertiary/aromatic N) is 4. The minimum absolute atomic E-state index is 0.114. The van der Waals surface area contributed by atoms with Gasteiger partial charge in [0.1, 0.15) is 0 Å². The van der Waals surface area contributed by atoms with Crippen molar-refractivity contribution in [1.82, 2.24) is 14.9 Å². The molecule has 0 fully saturated rings. The topological polar surface area (TPSA) is 69.9 Å². The zero-order chi connectivity index (χ0) is 14.4. The number of hydrogen-bond acceptors (Lipinski definition) is 4. The summed E-state index contributed by atoms with van der Waals surface area (Å²) < 4.78 is 0. The first-order valence-corrected chi connectivity index (χ1v) is 6.18. The molecule has 0 unspecified atom stereocenters. The van der Waals surface area contributed by atoms with E-state index in [1.54, 1.807) is 36.5 Å². The van der Waals surface area contributed by atoms with Gasteiger partial charge in [0, 0.05) is 25.0 Å². The van der Waals surface area contributed by atoms with Crippen molar-refractivity contribution in [2.75, 3.05) is 7.05 Å². The molecule has 20 heavy (non-hydrogen) atoms. The third kappa shape index (κ3) is 3.39. The highest BCUT2D eigenvalue weighted by atomic mass is 16.2. The molecule has 0 radical (unpaired) electrons. The summed E-state index contributed by atoms with van der Waals surface area (Å²) in [5.41, 5.74) is 1.96. The minimum Gasteiger partial charge on any atom is -0.336 e. The molecule has 1 amide bonds. The molecular weight excluding hydrogens is 252 g/mol. The van der Waals surface area contributed by atoms with E-state index in [4.69, 9.17) is 5.26 Å². The minimum atomic E-state index is -0.114. The molecule has 0 aliphatic carbocycles. The molecule has 0 spiro atoms. The number of carbonyl (C=O) groups is 1. The normalized spacial score (nSPS) is 9.80. The summed E-state index contributed by atoms with van der Waals surface area (Å²) in [6, 6.07) is 10.9. The fraction of sp³-hybridized carbons (Fsp3) is 0.200. The Hall–Kier alpha value is -2.74. The first-order chi connectivity index (χ1) is 9.70. The SMILES string of the molecule is CN(Cc1ccccn1)C(=O)c1ccnc(CC#N)c1. The van der Waals surface area contributed by atoms with Crippen molar-refractivity contribution < 1.29 is 4.79 Å². The van der Waals surface area contributed by atoms with Crippen LogP contribution in [0.3, 0.4) is 0 Å². The molecule has 0 saturated heterocycles. The third-order valence-electron chi connectivity index (χ3n) is 2.80. The fourth-order valence-corrected chi connectivity index (χ4v) is 1.82. The number of carbonyl (C=O) groups excluding carboxylic acids is 1. The molecule has 0 aliphatic rings. The van der Waals surface area contributed by atoms with Crippen molar-refractivity contribution in [3.8, 4) is 6.07 Å². The highest BCUT2D eigenvalue weighted by molar-refractivity contribution is 5.94. The molecule has 0 atom stereocenters. The van der Waals surface area contributed by atoms with Crippen molar-refractivity contribution >= 4 is 5.91 Å². The second-order valence-corrected chi connectivity index (χ2v) is 4.35. The molecule has 5 nitrogen and oxygen atoms in total. The summed E-state index contributed by atoms with van der Waals surface area (Å²) in [6.07, 6.45) is 3.45. The number of hydrogen-bond donors (Lipinski definition) is 0. The molecule has 0 bridgehead atoms. The predicted molar refractivity (Wildman–Crippen MR) is 73.6 cm³/mol. The lowest BCUT2D eigenvalue weighted by atomic mass is 10.2. The summed E-state index contributed by atoms with van der Waals surface area (Å²) in [4.78, 5) is 22.1. The van der Waals surface area contributed by atoms with Gasteiger partial charge in [0.05, 0.1) is 30.4 Å². The van der Waals surface area contributed by atoms with E-state index in [9.17, 15) is 4.79 Å². The van der Waals surface area contributed by atoms with Crippen LogP contribution in [0.25, 0.3) is 0 Å². The Morgan fingerprint density at radius 1 is 1.25 bits per heavy atom. The van der Waals surface area contributed by atoms with E-state index in [0.29, 0.717) is 17.8 Å². The third-order valence-corrected chi connectivity index (χ3v) is 2.80. The number of rotatable bonds is 4. The molecule has 5 heteroatoms. The van der Waals surface area contributed by atoms with Gasteiger partial charge in [0.25, 0.3) is 5.91 Å². The van der Waals surface area contributed by atoms with E-state index in [0.717, 1.165) is 5.69 Å². The van der Waals surface area contributed by atoms with E-state index in [1.807, 2.05) is 24.3 Å². The van der Waals surface area contributed by atoms with E-state index >= 15 is 0 Å². The van der Waals surface area contributed by atoms with Gasteiger partial charge in [-0.25, -0.2) is 0 Å². The maximum atomic E-state index is 12.3. The Morgan fingerprint density at radius 3 is 2.75 bits per heavy atom. The van der Waals surface area contributed by atoms with Crippen LogP contribution >= 0.6 is 0 Å². The second kappa shape index (κ2) is 6.43. The Kier molecular flexibility index (Phi) is 4.40. The lowest BCUT2D eigenvalue weighted by molar-refractivity contribution is 0.0783. The molecule has 2 aromatic rings. The lowest BCUT2D eigenvalue weighted by Gasteiger charge is -2.16. The maximum Gasteiger partial charge on any atom is 0.254 e. The van der Waals surface area contributed by atoms with E-state index in [2.05, 4.69) is 9.97 Å². The van der Waals surface area contributed by atoms with Crippen LogP contribution in [0.5, 0.6) is 0 Å². The standard InChI is InChI=1S/C15H14N4O/c1-19(11-14-4-2-3-8-17-14)15(20)12-6-9-18-13(10-12)5-7-16/h2-4,6,8-10H,5,11H2,1H3. The summed E-state index contributed by atoms with van der Waals surface area (Å²) >= 11 is 0. The molecule has 100 valence electrons. The molecule has 0 aliphatic heterocycles.